The van der Waals surface area contributed by atoms with Crippen molar-refractivity contribution in [1.29, 1.82) is 0 Å². The Bertz CT molecular complexity index is 435. The van der Waals surface area contributed by atoms with Crippen LogP contribution in [0.15, 0.2) is 0 Å². The van der Waals surface area contributed by atoms with E-state index in [4.69, 9.17) is 19.4 Å². The molecule has 20 heavy (non-hydrogen) atoms. The van der Waals surface area contributed by atoms with E-state index in [2.05, 4.69) is 19.2 Å². The largest absolute Gasteiger partial charge is 0.382 e. The SMILES string of the molecule is COCCOCCc1nc2c(c(C(C)C)n1)CNCC2. The van der Waals surface area contributed by atoms with Gasteiger partial charge in [-0.05, 0) is 5.92 Å². The van der Waals surface area contributed by atoms with Gasteiger partial charge in [0.15, 0.2) is 0 Å². The fraction of sp³-hybridized carbons (Fsp3) is 0.733. The van der Waals surface area contributed by atoms with Crippen molar-refractivity contribution in [3.8, 4) is 0 Å². The van der Waals surface area contributed by atoms with Crippen molar-refractivity contribution in [3.63, 3.8) is 0 Å². The van der Waals surface area contributed by atoms with Crippen LogP contribution in [-0.2, 0) is 28.9 Å². The molecule has 0 atom stereocenters. The highest BCUT2D eigenvalue weighted by Gasteiger charge is 2.18. The van der Waals surface area contributed by atoms with Crippen molar-refractivity contribution < 1.29 is 9.47 Å². The number of methoxy groups -OCH3 is 1. The second-order valence-electron chi connectivity index (χ2n) is 5.39. The average Bonchev–Trinajstić information content (AvgIpc) is 2.46. The molecular formula is C15H25N3O2. The van der Waals surface area contributed by atoms with Gasteiger partial charge in [0, 0.05) is 38.6 Å². The van der Waals surface area contributed by atoms with Crippen LogP contribution in [0.25, 0.3) is 0 Å². The zero-order chi connectivity index (χ0) is 14.4. The van der Waals surface area contributed by atoms with Gasteiger partial charge in [-0.15, -0.1) is 0 Å². The number of nitrogens with zero attached hydrogens (tertiary/aromatic N) is 2. The highest BCUT2D eigenvalue weighted by Crippen LogP contribution is 2.22. The predicted molar refractivity (Wildman–Crippen MR) is 77.9 cm³/mol. The Kier molecular flexibility index (Phi) is 5.88. The highest BCUT2D eigenvalue weighted by atomic mass is 16.5. The predicted octanol–water partition coefficient (Wildman–Crippen LogP) is 1.45. The summed E-state index contributed by atoms with van der Waals surface area (Å²) in [5.74, 6) is 1.34. The molecule has 0 aliphatic carbocycles. The highest BCUT2D eigenvalue weighted by molar-refractivity contribution is 5.30. The van der Waals surface area contributed by atoms with Crippen molar-refractivity contribution in [2.45, 2.75) is 39.2 Å². The molecule has 1 aromatic heterocycles. The molecule has 0 saturated heterocycles. The molecule has 0 aromatic carbocycles. The summed E-state index contributed by atoms with van der Waals surface area (Å²) < 4.78 is 10.5. The van der Waals surface area contributed by atoms with Crippen molar-refractivity contribution >= 4 is 0 Å². The molecule has 1 aliphatic heterocycles. The van der Waals surface area contributed by atoms with Crippen molar-refractivity contribution in [2.24, 2.45) is 0 Å². The molecule has 0 radical (unpaired) electrons. The third-order valence-electron chi connectivity index (χ3n) is 3.46. The number of hydrogen-bond acceptors (Lipinski definition) is 5. The van der Waals surface area contributed by atoms with Crippen molar-refractivity contribution in [1.82, 2.24) is 15.3 Å². The normalized spacial score (nSPS) is 14.6. The Morgan fingerprint density at radius 1 is 1.20 bits per heavy atom. The van der Waals surface area contributed by atoms with Crippen molar-refractivity contribution in [3.05, 3.63) is 22.8 Å². The second-order valence-corrected chi connectivity index (χ2v) is 5.39. The van der Waals surface area contributed by atoms with Crippen LogP contribution >= 0.6 is 0 Å². The third kappa shape index (κ3) is 3.98. The molecule has 0 spiro atoms. The van der Waals surface area contributed by atoms with Crippen LogP contribution in [0.3, 0.4) is 0 Å². The molecule has 0 saturated carbocycles. The van der Waals surface area contributed by atoms with Crippen LogP contribution in [0, 0.1) is 0 Å². The summed E-state index contributed by atoms with van der Waals surface area (Å²) in [6, 6.07) is 0. The molecule has 0 unspecified atom stereocenters. The Balaban J connectivity index is 2.04. The molecule has 2 rings (SSSR count). The lowest BCUT2D eigenvalue weighted by molar-refractivity contribution is 0.0716. The summed E-state index contributed by atoms with van der Waals surface area (Å²) in [5.41, 5.74) is 3.71. The van der Waals surface area contributed by atoms with E-state index in [0.29, 0.717) is 25.7 Å². The summed E-state index contributed by atoms with van der Waals surface area (Å²) >= 11 is 0. The lowest BCUT2D eigenvalue weighted by Crippen LogP contribution is -2.27. The standard InChI is InChI=1S/C15H25N3O2/c1-11(2)15-12-10-16-6-4-13(12)17-14(18-15)5-7-20-9-8-19-3/h11,16H,4-10H2,1-3H3. The first-order valence-electron chi connectivity index (χ1n) is 7.38. The van der Waals surface area contributed by atoms with E-state index < -0.39 is 0 Å². The van der Waals surface area contributed by atoms with E-state index in [9.17, 15) is 0 Å². The van der Waals surface area contributed by atoms with Crippen LogP contribution in [0.1, 0.15) is 42.5 Å². The molecule has 5 heteroatoms. The number of ether oxygens (including phenoxy) is 2. The minimum Gasteiger partial charge on any atom is -0.382 e. The van der Waals surface area contributed by atoms with E-state index in [0.717, 1.165) is 31.8 Å². The summed E-state index contributed by atoms with van der Waals surface area (Å²) in [6.07, 6.45) is 1.76. The molecule has 1 aromatic rings. The lowest BCUT2D eigenvalue weighted by atomic mass is 9.98. The van der Waals surface area contributed by atoms with E-state index in [-0.39, 0.29) is 0 Å². The van der Waals surface area contributed by atoms with Crippen LogP contribution in [0.5, 0.6) is 0 Å². The van der Waals surface area contributed by atoms with Gasteiger partial charge in [0.05, 0.1) is 31.2 Å². The average molecular weight is 279 g/mol. The Labute approximate surface area is 121 Å². The molecule has 2 heterocycles. The fourth-order valence-corrected chi connectivity index (χ4v) is 2.42. The fourth-order valence-electron chi connectivity index (χ4n) is 2.42. The van der Waals surface area contributed by atoms with Gasteiger partial charge in [-0.1, -0.05) is 13.8 Å². The molecular weight excluding hydrogens is 254 g/mol. The molecule has 1 N–H and O–H groups in total. The van der Waals surface area contributed by atoms with Gasteiger partial charge in [0.1, 0.15) is 5.82 Å². The molecule has 0 amide bonds. The zero-order valence-corrected chi connectivity index (χ0v) is 12.7. The van der Waals surface area contributed by atoms with Crippen LogP contribution in [-0.4, -0.2) is 43.4 Å². The van der Waals surface area contributed by atoms with E-state index in [1.54, 1.807) is 7.11 Å². The minimum absolute atomic E-state index is 0.430. The van der Waals surface area contributed by atoms with Gasteiger partial charge in [0.25, 0.3) is 0 Å². The van der Waals surface area contributed by atoms with Gasteiger partial charge < -0.3 is 14.8 Å². The Morgan fingerprint density at radius 2 is 2.05 bits per heavy atom. The number of hydrogen-bond donors (Lipinski definition) is 1. The lowest BCUT2D eigenvalue weighted by Gasteiger charge is -2.21. The van der Waals surface area contributed by atoms with Gasteiger partial charge in [-0.25, -0.2) is 9.97 Å². The first kappa shape index (κ1) is 15.4. The first-order valence-corrected chi connectivity index (χ1v) is 7.38. The summed E-state index contributed by atoms with van der Waals surface area (Å²) in [7, 11) is 1.68. The molecule has 0 fully saturated rings. The maximum absolute atomic E-state index is 5.51. The van der Waals surface area contributed by atoms with Crippen LogP contribution < -0.4 is 5.32 Å². The van der Waals surface area contributed by atoms with Crippen molar-refractivity contribution in [2.75, 3.05) is 33.5 Å². The van der Waals surface area contributed by atoms with Crippen LogP contribution in [0.4, 0.5) is 0 Å². The monoisotopic (exact) mass is 279 g/mol. The topological polar surface area (TPSA) is 56.3 Å². The smallest absolute Gasteiger partial charge is 0.131 e. The Morgan fingerprint density at radius 3 is 2.80 bits per heavy atom. The number of nitrogens with one attached hydrogen (secondary N) is 1. The van der Waals surface area contributed by atoms with Gasteiger partial charge in [0.2, 0.25) is 0 Å². The summed E-state index contributed by atoms with van der Waals surface area (Å²) in [5, 5.41) is 3.40. The first-order chi connectivity index (χ1) is 9.72. The maximum Gasteiger partial charge on any atom is 0.131 e. The molecule has 0 bridgehead atoms. The van der Waals surface area contributed by atoms with Gasteiger partial charge >= 0.3 is 0 Å². The molecule has 112 valence electrons. The van der Waals surface area contributed by atoms with Crippen LogP contribution in [0.2, 0.25) is 0 Å². The third-order valence-corrected chi connectivity index (χ3v) is 3.46. The quantitative estimate of drug-likeness (QED) is 0.766. The molecule has 5 nitrogen and oxygen atoms in total. The molecule has 1 aliphatic rings. The van der Waals surface area contributed by atoms with E-state index in [1.807, 2.05) is 0 Å². The summed E-state index contributed by atoms with van der Waals surface area (Å²) in [6.45, 7) is 8.19. The van der Waals surface area contributed by atoms with E-state index >= 15 is 0 Å². The minimum atomic E-state index is 0.430. The zero-order valence-electron chi connectivity index (χ0n) is 12.7. The maximum atomic E-state index is 5.51. The van der Waals surface area contributed by atoms with E-state index in [1.165, 1.54) is 17.0 Å². The second kappa shape index (κ2) is 7.67. The number of aromatic nitrogens is 2. The summed E-state index contributed by atoms with van der Waals surface area (Å²) in [4.78, 5) is 9.45. The number of fused-ring (bicyclic) bond motifs is 1. The van der Waals surface area contributed by atoms with Gasteiger partial charge in [-0.2, -0.15) is 0 Å². The van der Waals surface area contributed by atoms with Gasteiger partial charge in [-0.3, -0.25) is 0 Å². The number of rotatable bonds is 7. The Hall–Kier alpha value is -1.04.